The number of fused-ring (bicyclic) bond motifs is 1. The summed E-state index contributed by atoms with van der Waals surface area (Å²) in [6, 6.07) is 15.0. The molecule has 1 aliphatic heterocycles. The fraction of sp³-hybridized carbons (Fsp3) is 0.318. The fourth-order valence-corrected chi connectivity index (χ4v) is 3.48. The maximum Gasteiger partial charge on any atom is 0.313 e. The van der Waals surface area contributed by atoms with Crippen LogP contribution in [0.15, 0.2) is 42.5 Å². The molecule has 28 heavy (non-hydrogen) atoms. The van der Waals surface area contributed by atoms with Gasteiger partial charge in [-0.15, -0.1) is 0 Å². The van der Waals surface area contributed by atoms with Crippen LogP contribution in [-0.4, -0.2) is 31.4 Å². The lowest BCUT2D eigenvalue weighted by Gasteiger charge is -2.30. The Morgan fingerprint density at radius 1 is 1.18 bits per heavy atom. The number of aryl methyl sites for hydroxylation is 1. The average molecular weight is 376 g/mol. The highest BCUT2D eigenvalue weighted by Gasteiger charge is 2.17. The number of nitrogens with one attached hydrogen (secondary N) is 2. The van der Waals surface area contributed by atoms with Crippen molar-refractivity contribution < 1.29 is 9.59 Å². The monoisotopic (exact) mass is 376 g/mol. The van der Waals surface area contributed by atoms with Crippen molar-refractivity contribution in [2.75, 3.05) is 29.9 Å². The highest BCUT2D eigenvalue weighted by Crippen LogP contribution is 2.27. The summed E-state index contributed by atoms with van der Waals surface area (Å²) >= 11 is 0. The number of carbonyl (C=O) groups excluding carboxylic acids is 2. The highest BCUT2D eigenvalue weighted by atomic mass is 16.2. The van der Waals surface area contributed by atoms with Gasteiger partial charge in [0.05, 0.1) is 11.3 Å². The van der Waals surface area contributed by atoms with E-state index in [1.165, 1.54) is 11.3 Å². The molecular formula is C22H24N4O2. The van der Waals surface area contributed by atoms with Gasteiger partial charge in [0.25, 0.3) is 0 Å². The Balaban J connectivity index is 1.53. The van der Waals surface area contributed by atoms with Gasteiger partial charge in [0.2, 0.25) is 0 Å². The molecule has 0 unspecified atom stereocenters. The number of anilines is 2. The van der Waals surface area contributed by atoms with E-state index in [1.54, 1.807) is 24.3 Å². The van der Waals surface area contributed by atoms with Crippen LogP contribution in [0.3, 0.4) is 0 Å². The van der Waals surface area contributed by atoms with Crippen LogP contribution in [0.4, 0.5) is 11.4 Å². The molecule has 0 saturated heterocycles. The molecule has 0 aliphatic carbocycles. The van der Waals surface area contributed by atoms with Crippen LogP contribution in [0.5, 0.6) is 0 Å². The maximum atomic E-state index is 12.0. The van der Waals surface area contributed by atoms with Gasteiger partial charge >= 0.3 is 11.8 Å². The molecule has 0 atom stereocenters. The smallest absolute Gasteiger partial charge is 0.313 e. The summed E-state index contributed by atoms with van der Waals surface area (Å²) in [5.74, 6) is -1.48. The molecule has 0 saturated carbocycles. The van der Waals surface area contributed by atoms with Crippen molar-refractivity contribution in [2.24, 2.45) is 0 Å². The zero-order valence-corrected chi connectivity index (χ0v) is 16.0. The van der Waals surface area contributed by atoms with E-state index in [-0.39, 0.29) is 0 Å². The van der Waals surface area contributed by atoms with Gasteiger partial charge in [-0.1, -0.05) is 24.3 Å². The van der Waals surface area contributed by atoms with Crippen LogP contribution in [0.25, 0.3) is 0 Å². The van der Waals surface area contributed by atoms with Crippen LogP contribution < -0.4 is 15.5 Å². The lowest BCUT2D eigenvalue weighted by atomic mass is 9.98. The average Bonchev–Trinajstić information content (AvgIpc) is 2.73. The fourth-order valence-electron chi connectivity index (χ4n) is 3.48. The third-order valence-corrected chi connectivity index (χ3v) is 4.94. The van der Waals surface area contributed by atoms with Crippen LogP contribution >= 0.6 is 0 Å². The van der Waals surface area contributed by atoms with Gasteiger partial charge in [0.1, 0.15) is 6.07 Å². The molecule has 2 N–H and O–H groups in total. The lowest BCUT2D eigenvalue weighted by Crippen LogP contribution is -2.36. The Morgan fingerprint density at radius 2 is 2.00 bits per heavy atom. The van der Waals surface area contributed by atoms with Crippen molar-refractivity contribution >= 4 is 23.2 Å². The molecule has 0 fully saturated rings. The van der Waals surface area contributed by atoms with Crippen LogP contribution in [0.2, 0.25) is 0 Å². The predicted molar refractivity (Wildman–Crippen MR) is 109 cm³/mol. The minimum Gasteiger partial charge on any atom is -0.372 e. The Kier molecular flexibility index (Phi) is 6.28. The topological polar surface area (TPSA) is 85.2 Å². The van der Waals surface area contributed by atoms with Crippen molar-refractivity contribution in [1.82, 2.24) is 5.32 Å². The zero-order valence-electron chi connectivity index (χ0n) is 16.0. The van der Waals surface area contributed by atoms with E-state index in [2.05, 4.69) is 40.7 Å². The van der Waals surface area contributed by atoms with Gasteiger partial charge in [-0.25, -0.2) is 0 Å². The maximum absolute atomic E-state index is 12.0. The molecule has 0 aromatic heterocycles. The Morgan fingerprint density at radius 3 is 2.79 bits per heavy atom. The largest absolute Gasteiger partial charge is 0.372 e. The van der Waals surface area contributed by atoms with Crippen molar-refractivity contribution in [2.45, 2.75) is 26.2 Å². The first-order valence-electron chi connectivity index (χ1n) is 9.57. The number of nitrogens with zero attached hydrogens (tertiary/aromatic N) is 2. The second-order valence-electron chi connectivity index (χ2n) is 6.76. The molecule has 6 heteroatoms. The molecule has 2 aromatic carbocycles. The van der Waals surface area contributed by atoms with E-state index in [1.807, 2.05) is 6.07 Å². The number of nitriles is 1. The molecule has 0 radical (unpaired) electrons. The van der Waals surface area contributed by atoms with Crippen molar-refractivity contribution in [3.8, 4) is 6.07 Å². The minimum atomic E-state index is -0.772. The molecule has 1 aliphatic rings. The molecule has 2 aromatic rings. The quantitative estimate of drug-likeness (QED) is 0.786. The number of rotatable bonds is 5. The molecule has 0 spiro atoms. The highest BCUT2D eigenvalue weighted by molar-refractivity contribution is 6.39. The first kappa shape index (κ1) is 19.4. The van der Waals surface area contributed by atoms with Crippen LogP contribution in [-0.2, 0) is 22.4 Å². The SMILES string of the molecule is CCN1CCCc2cc(CCNC(=O)C(=O)Nc3ccccc3C#N)ccc21. The van der Waals surface area contributed by atoms with E-state index >= 15 is 0 Å². The van der Waals surface area contributed by atoms with Crippen molar-refractivity contribution in [1.29, 1.82) is 5.26 Å². The summed E-state index contributed by atoms with van der Waals surface area (Å²) in [5.41, 5.74) is 4.45. The Hall–Kier alpha value is -3.33. The number of carbonyl (C=O) groups is 2. The number of hydrogen-bond donors (Lipinski definition) is 2. The third-order valence-electron chi connectivity index (χ3n) is 4.94. The summed E-state index contributed by atoms with van der Waals surface area (Å²) in [4.78, 5) is 26.5. The third kappa shape index (κ3) is 4.49. The summed E-state index contributed by atoms with van der Waals surface area (Å²) in [6.45, 7) is 4.65. The summed E-state index contributed by atoms with van der Waals surface area (Å²) in [7, 11) is 0. The summed E-state index contributed by atoms with van der Waals surface area (Å²) in [6.07, 6.45) is 2.89. The van der Waals surface area contributed by atoms with Gasteiger partial charge in [0.15, 0.2) is 0 Å². The Labute approximate surface area is 165 Å². The van der Waals surface area contributed by atoms with Crippen LogP contribution in [0, 0.1) is 11.3 Å². The predicted octanol–water partition coefficient (Wildman–Crippen LogP) is 2.63. The molecule has 3 rings (SSSR count). The van der Waals surface area contributed by atoms with Gasteiger partial charge in [-0.05, 0) is 55.5 Å². The number of para-hydroxylation sites is 1. The zero-order chi connectivity index (χ0) is 19.9. The van der Waals surface area contributed by atoms with Crippen molar-refractivity contribution in [3.05, 3.63) is 59.2 Å². The summed E-state index contributed by atoms with van der Waals surface area (Å²) < 4.78 is 0. The molecular weight excluding hydrogens is 352 g/mol. The van der Waals surface area contributed by atoms with Crippen LogP contribution in [0.1, 0.15) is 30.0 Å². The van der Waals surface area contributed by atoms with E-state index in [0.29, 0.717) is 24.2 Å². The molecule has 2 amide bonds. The second-order valence-corrected chi connectivity index (χ2v) is 6.76. The van der Waals surface area contributed by atoms with Gasteiger partial charge in [-0.2, -0.15) is 5.26 Å². The molecule has 6 nitrogen and oxygen atoms in total. The van der Waals surface area contributed by atoms with E-state index in [4.69, 9.17) is 5.26 Å². The van der Waals surface area contributed by atoms with Gasteiger partial charge in [-0.3, -0.25) is 9.59 Å². The minimum absolute atomic E-state index is 0.318. The van der Waals surface area contributed by atoms with E-state index in [9.17, 15) is 9.59 Å². The molecule has 144 valence electrons. The second kappa shape index (κ2) is 9.05. The molecule has 1 heterocycles. The normalized spacial score (nSPS) is 12.6. The Bertz CT molecular complexity index is 917. The number of amides is 2. The first-order chi connectivity index (χ1) is 13.6. The first-order valence-corrected chi connectivity index (χ1v) is 9.57. The standard InChI is InChI=1S/C22H24N4O2/c1-2-26-13-5-7-17-14-16(9-10-20(17)26)11-12-24-21(27)22(28)25-19-8-4-3-6-18(19)15-23/h3-4,6,8-10,14H,2,5,7,11-13H2,1H3,(H,24,27)(H,25,28). The molecule has 0 bridgehead atoms. The van der Waals surface area contributed by atoms with Gasteiger partial charge < -0.3 is 15.5 Å². The van der Waals surface area contributed by atoms with E-state index < -0.39 is 11.8 Å². The lowest BCUT2D eigenvalue weighted by molar-refractivity contribution is -0.136. The summed E-state index contributed by atoms with van der Waals surface area (Å²) in [5, 5.41) is 14.2. The van der Waals surface area contributed by atoms with Crippen molar-refractivity contribution in [3.63, 3.8) is 0 Å². The number of hydrogen-bond acceptors (Lipinski definition) is 4. The van der Waals surface area contributed by atoms with Gasteiger partial charge in [0, 0.05) is 25.3 Å². The number of benzene rings is 2. The van der Waals surface area contributed by atoms with E-state index in [0.717, 1.165) is 31.5 Å².